The van der Waals surface area contributed by atoms with Gasteiger partial charge in [-0.05, 0) is 6.42 Å². The molecule has 0 atom stereocenters. The predicted octanol–water partition coefficient (Wildman–Crippen LogP) is 1.06. The molecule has 1 aromatic rings. The summed E-state index contributed by atoms with van der Waals surface area (Å²) in [6, 6.07) is 1.81. The first-order valence-electron chi connectivity index (χ1n) is 5.74. The molecule has 0 aliphatic carbocycles. The van der Waals surface area contributed by atoms with Crippen LogP contribution in [-0.4, -0.2) is 47.2 Å². The predicted molar refractivity (Wildman–Crippen MR) is 74.6 cm³/mol. The SMILES string of the molecule is CCCNc1cc(SCC(=O)N(C)C)nc(N)n1. The number of carbonyl (C=O) groups is 1. The molecule has 1 heterocycles. The van der Waals surface area contributed by atoms with Crippen molar-refractivity contribution in [1.82, 2.24) is 14.9 Å². The maximum Gasteiger partial charge on any atom is 0.232 e. The van der Waals surface area contributed by atoms with Crippen LogP contribution in [0.1, 0.15) is 13.3 Å². The molecule has 1 rings (SSSR count). The second-order valence-electron chi connectivity index (χ2n) is 3.95. The summed E-state index contributed by atoms with van der Waals surface area (Å²) in [5.74, 6) is 1.30. The van der Waals surface area contributed by atoms with Crippen LogP contribution in [0.5, 0.6) is 0 Å². The van der Waals surface area contributed by atoms with E-state index in [0.717, 1.165) is 13.0 Å². The van der Waals surface area contributed by atoms with Crippen LogP contribution in [0.25, 0.3) is 0 Å². The van der Waals surface area contributed by atoms with Crippen molar-refractivity contribution in [2.75, 3.05) is 37.4 Å². The number of anilines is 2. The number of aromatic nitrogens is 2. The van der Waals surface area contributed by atoms with Crippen LogP contribution in [0.3, 0.4) is 0 Å². The molecule has 1 amide bonds. The lowest BCUT2D eigenvalue weighted by atomic mass is 10.4. The minimum atomic E-state index is 0.0419. The summed E-state index contributed by atoms with van der Waals surface area (Å²) in [7, 11) is 3.46. The molecule has 0 radical (unpaired) electrons. The van der Waals surface area contributed by atoms with Crippen LogP contribution >= 0.6 is 11.8 Å². The smallest absolute Gasteiger partial charge is 0.232 e. The number of nitrogens with two attached hydrogens (primary N) is 1. The average molecular weight is 269 g/mol. The van der Waals surface area contributed by atoms with Gasteiger partial charge in [-0.25, -0.2) is 4.98 Å². The van der Waals surface area contributed by atoms with Crippen molar-refractivity contribution >= 4 is 29.4 Å². The molecule has 0 fully saturated rings. The van der Waals surface area contributed by atoms with E-state index in [-0.39, 0.29) is 11.9 Å². The molecule has 3 N–H and O–H groups in total. The van der Waals surface area contributed by atoms with Crippen LogP contribution in [0.2, 0.25) is 0 Å². The molecular weight excluding hydrogens is 250 g/mol. The molecule has 0 aliphatic heterocycles. The normalized spacial score (nSPS) is 10.2. The van der Waals surface area contributed by atoms with Crippen LogP contribution < -0.4 is 11.1 Å². The summed E-state index contributed by atoms with van der Waals surface area (Å²) in [4.78, 5) is 21.2. The fourth-order valence-corrected chi connectivity index (χ4v) is 2.01. The second kappa shape index (κ2) is 7.05. The van der Waals surface area contributed by atoms with E-state index in [0.29, 0.717) is 16.6 Å². The molecule has 18 heavy (non-hydrogen) atoms. The Morgan fingerprint density at radius 1 is 1.50 bits per heavy atom. The Labute approximate surface area is 111 Å². The first-order chi connectivity index (χ1) is 8.52. The lowest BCUT2D eigenvalue weighted by Gasteiger charge is -2.10. The van der Waals surface area contributed by atoms with Crippen molar-refractivity contribution in [1.29, 1.82) is 0 Å². The number of thioether (sulfide) groups is 1. The minimum absolute atomic E-state index is 0.0419. The Morgan fingerprint density at radius 3 is 2.83 bits per heavy atom. The number of nitrogens with zero attached hydrogens (tertiary/aromatic N) is 3. The van der Waals surface area contributed by atoms with Gasteiger partial charge in [-0.3, -0.25) is 4.79 Å². The topological polar surface area (TPSA) is 84.1 Å². The fraction of sp³-hybridized carbons (Fsp3) is 0.545. The van der Waals surface area contributed by atoms with Gasteiger partial charge in [0.15, 0.2) is 0 Å². The van der Waals surface area contributed by atoms with Gasteiger partial charge in [0.1, 0.15) is 10.8 Å². The van der Waals surface area contributed by atoms with Gasteiger partial charge in [-0.2, -0.15) is 4.98 Å². The lowest BCUT2D eigenvalue weighted by molar-refractivity contribution is -0.125. The van der Waals surface area contributed by atoms with Gasteiger partial charge < -0.3 is 16.0 Å². The second-order valence-corrected chi connectivity index (χ2v) is 4.95. The van der Waals surface area contributed by atoms with Crippen LogP contribution in [0, 0.1) is 0 Å². The van der Waals surface area contributed by atoms with E-state index in [1.54, 1.807) is 25.1 Å². The third-order valence-electron chi connectivity index (χ3n) is 2.12. The Balaban J connectivity index is 2.65. The zero-order valence-corrected chi connectivity index (χ0v) is 11.8. The molecule has 0 saturated heterocycles. The molecule has 6 nitrogen and oxygen atoms in total. The van der Waals surface area contributed by atoms with Gasteiger partial charge in [0.05, 0.1) is 5.75 Å². The fourth-order valence-electron chi connectivity index (χ4n) is 1.13. The third kappa shape index (κ3) is 4.79. The number of rotatable bonds is 6. The largest absolute Gasteiger partial charge is 0.370 e. The quantitative estimate of drug-likeness (QED) is 0.593. The van der Waals surface area contributed by atoms with E-state index < -0.39 is 0 Å². The van der Waals surface area contributed by atoms with E-state index in [4.69, 9.17) is 5.73 Å². The number of nitrogen functional groups attached to an aromatic ring is 1. The monoisotopic (exact) mass is 269 g/mol. The maximum absolute atomic E-state index is 11.5. The Kier molecular flexibility index (Phi) is 5.70. The van der Waals surface area contributed by atoms with Crippen LogP contribution in [0.15, 0.2) is 11.1 Å². The maximum atomic E-state index is 11.5. The Hall–Kier alpha value is -1.50. The molecule has 1 aromatic heterocycles. The molecule has 0 unspecified atom stereocenters. The van der Waals surface area contributed by atoms with Crippen molar-refractivity contribution in [2.24, 2.45) is 0 Å². The van der Waals surface area contributed by atoms with E-state index in [1.807, 2.05) is 0 Å². The number of hydrogen-bond acceptors (Lipinski definition) is 6. The molecular formula is C11H19N5OS. The third-order valence-corrected chi connectivity index (χ3v) is 3.01. The van der Waals surface area contributed by atoms with Crippen molar-refractivity contribution in [2.45, 2.75) is 18.4 Å². The van der Waals surface area contributed by atoms with Gasteiger partial charge in [-0.15, -0.1) is 0 Å². The highest BCUT2D eigenvalue weighted by atomic mass is 32.2. The van der Waals surface area contributed by atoms with E-state index in [2.05, 4.69) is 22.2 Å². The summed E-state index contributed by atoms with van der Waals surface area (Å²) in [5, 5.41) is 3.85. The first kappa shape index (κ1) is 14.6. The number of amides is 1. The summed E-state index contributed by atoms with van der Waals surface area (Å²) < 4.78 is 0. The van der Waals surface area contributed by atoms with Crippen molar-refractivity contribution in [3.8, 4) is 0 Å². The van der Waals surface area contributed by atoms with Crippen molar-refractivity contribution < 1.29 is 4.79 Å². The van der Waals surface area contributed by atoms with Gasteiger partial charge in [0, 0.05) is 26.7 Å². The van der Waals surface area contributed by atoms with Crippen molar-refractivity contribution in [3.05, 3.63) is 6.07 Å². The van der Waals surface area contributed by atoms with E-state index in [1.165, 1.54) is 11.8 Å². The number of nitrogens with one attached hydrogen (secondary N) is 1. The molecule has 0 aromatic carbocycles. The van der Waals surface area contributed by atoms with Gasteiger partial charge >= 0.3 is 0 Å². The standard InChI is InChI=1S/C11H19N5OS/c1-4-5-13-8-6-9(15-11(12)14-8)18-7-10(17)16(2)3/h6H,4-5,7H2,1-3H3,(H3,12,13,14,15). The number of hydrogen-bond donors (Lipinski definition) is 2. The molecule has 0 saturated carbocycles. The van der Waals surface area contributed by atoms with Crippen molar-refractivity contribution in [3.63, 3.8) is 0 Å². The number of carbonyl (C=O) groups excluding carboxylic acids is 1. The zero-order chi connectivity index (χ0) is 13.5. The molecule has 0 aliphatic rings. The minimum Gasteiger partial charge on any atom is -0.370 e. The molecule has 7 heteroatoms. The molecule has 0 bridgehead atoms. The summed E-state index contributed by atoms with van der Waals surface area (Å²) in [6.07, 6.45) is 1.01. The average Bonchev–Trinajstić information content (AvgIpc) is 2.32. The molecule has 100 valence electrons. The Morgan fingerprint density at radius 2 is 2.22 bits per heavy atom. The van der Waals surface area contributed by atoms with E-state index in [9.17, 15) is 4.79 Å². The highest BCUT2D eigenvalue weighted by Gasteiger charge is 2.07. The zero-order valence-electron chi connectivity index (χ0n) is 10.9. The highest BCUT2D eigenvalue weighted by Crippen LogP contribution is 2.19. The Bertz CT molecular complexity index is 410. The van der Waals surface area contributed by atoms with Gasteiger partial charge in [0.2, 0.25) is 11.9 Å². The summed E-state index contributed by atoms with van der Waals surface area (Å²) in [5.41, 5.74) is 5.63. The van der Waals surface area contributed by atoms with E-state index >= 15 is 0 Å². The first-order valence-corrected chi connectivity index (χ1v) is 6.73. The van der Waals surface area contributed by atoms with Gasteiger partial charge in [-0.1, -0.05) is 18.7 Å². The van der Waals surface area contributed by atoms with Gasteiger partial charge in [0.25, 0.3) is 0 Å². The highest BCUT2D eigenvalue weighted by molar-refractivity contribution is 7.99. The summed E-state index contributed by atoms with van der Waals surface area (Å²) >= 11 is 1.36. The van der Waals surface area contributed by atoms with Crippen LogP contribution in [-0.2, 0) is 4.79 Å². The molecule has 0 spiro atoms. The summed E-state index contributed by atoms with van der Waals surface area (Å²) in [6.45, 7) is 2.90. The lowest BCUT2D eigenvalue weighted by Crippen LogP contribution is -2.23. The van der Waals surface area contributed by atoms with Crippen LogP contribution in [0.4, 0.5) is 11.8 Å².